The Bertz CT molecular complexity index is 316. The summed E-state index contributed by atoms with van der Waals surface area (Å²) in [5, 5.41) is 10.3. The first-order valence-corrected chi connectivity index (χ1v) is 4.43. The van der Waals surface area contributed by atoms with Gasteiger partial charge in [0.15, 0.2) is 5.69 Å². The van der Waals surface area contributed by atoms with Gasteiger partial charge in [-0.1, -0.05) is 5.21 Å². The normalized spacial score (nSPS) is 16.7. The highest BCUT2D eigenvalue weighted by Gasteiger charge is 2.21. The van der Waals surface area contributed by atoms with E-state index in [0.29, 0.717) is 11.7 Å². The summed E-state index contributed by atoms with van der Waals surface area (Å²) in [5.41, 5.74) is 0.398. The zero-order chi connectivity index (χ0) is 9.26. The number of rotatable bonds is 2. The molecule has 1 aromatic heterocycles. The zero-order valence-corrected chi connectivity index (χ0v) is 7.53. The minimum atomic E-state index is -0.113. The van der Waals surface area contributed by atoms with E-state index in [9.17, 15) is 4.79 Å². The number of aryl methyl sites for hydroxylation is 1. The van der Waals surface area contributed by atoms with E-state index in [1.807, 2.05) is 0 Å². The average Bonchev–Trinajstić information content (AvgIpc) is 2.44. The van der Waals surface area contributed by atoms with Crippen LogP contribution in [0.1, 0.15) is 29.8 Å². The Morgan fingerprint density at radius 1 is 1.69 bits per heavy atom. The van der Waals surface area contributed by atoms with Crippen molar-refractivity contribution < 1.29 is 4.79 Å². The maximum atomic E-state index is 11.4. The Balaban J connectivity index is 1.96. The summed E-state index contributed by atoms with van der Waals surface area (Å²) in [4.78, 5) is 11.4. The lowest BCUT2D eigenvalue weighted by atomic mass is 9.93. The number of amides is 1. The van der Waals surface area contributed by atoms with Crippen molar-refractivity contribution >= 4 is 5.91 Å². The van der Waals surface area contributed by atoms with Gasteiger partial charge in [0, 0.05) is 13.1 Å². The third kappa shape index (κ3) is 1.68. The predicted molar refractivity (Wildman–Crippen MR) is 46.1 cm³/mol. The van der Waals surface area contributed by atoms with Gasteiger partial charge in [-0.25, -0.2) is 0 Å². The number of hydrogen-bond acceptors (Lipinski definition) is 3. The molecule has 0 bridgehead atoms. The van der Waals surface area contributed by atoms with Crippen LogP contribution in [0.15, 0.2) is 6.20 Å². The van der Waals surface area contributed by atoms with Crippen LogP contribution in [0, 0.1) is 0 Å². The van der Waals surface area contributed by atoms with Crippen molar-refractivity contribution in [3.63, 3.8) is 0 Å². The molecule has 13 heavy (non-hydrogen) atoms. The quantitative estimate of drug-likeness (QED) is 0.702. The van der Waals surface area contributed by atoms with E-state index in [4.69, 9.17) is 0 Å². The molecule has 0 radical (unpaired) electrons. The van der Waals surface area contributed by atoms with E-state index in [2.05, 4.69) is 15.6 Å². The van der Waals surface area contributed by atoms with Crippen molar-refractivity contribution in [2.45, 2.75) is 25.3 Å². The van der Waals surface area contributed by atoms with E-state index in [0.717, 1.165) is 12.8 Å². The Morgan fingerprint density at radius 3 is 2.92 bits per heavy atom. The fourth-order valence-electron chi connectivity index (χ4n) is 1.26. The number of carbonyl (C=O) groups is 1. The van der Waals surface area contributed by atoms with E-state index < -0.39 is 0 Å². The van der Waals surface area contributed by atoms with Crippen molar-refractivity contribution in [2.24, 2.45) is 7.05 Å². The summed E-state index contributed by atoms with van der Waals surface area (Å²) >= 11 is 0. The first-order valence-electron chi connectivity index (χ1n) is 4.43. The van der Waals surface area contributed by atoms with Crippen LogP contribution in [0.3, 0.4) is 0 Å². The molecule has 0 aromatic carbocycles. The first-order chi connectivity index (χ1) is 6.25. The van der Waals surface area contributed by atoms with Gasteiger partial charge in [0.2, 0.25) is 0 Å². The zero-order valence-electron chi connectivity index (χ0n) is 7.53. The Labute approximate surface area is 76.1 Å². The molecule has 0 spiro atoms. The van der Waals surface area contributed by atoms with Crippen LogP contribution in [0.25, 0.3) is 0 Å². The molecule has 1 aliphatic rings. The molecule has 5 nitrogen and oxygen atoms in total. The Hall–Kier alpha value is -1.39. The number of hydrogen-bond donors (Lipinski definition) is 1. The monoisotopic (exact) mass is 180 g/mol. The lowest BCUT2D eigenvalue weighted by Crippen LogP contribution is -2.39. The van der Waals surface area contributed by atoms with Gasteiger partial charge in [-0.15, -0.1) is 5.10 Å². The molecule has 1 saturated carbocycles. The second-order valence-corrected chi connectivity index (χ2v) is 3.38. The number of nitrogens with zero attached hydrogens (tertiary/aromatic N) is 3. The molecule has 1 aromatic rings. The van der Waals surface area contributed by atoms with Crippen LogP contribution < -0.4 is 5.32 Å². The molecule has 0 unspecified atom stereocenters. The molecule has 1 aliphatic carbocycles. The van der Waals surface area contributed by atoms with E-state index in [1.54, 1.807) is 13.2 Å². The number of carbonyl (C=O) groups excluding carboxylic acids is 1. The van der Waals surface area contributed by atoms with Crippen LogP contribution in [0.4, 0.5) is 0 Å². The molecule has 2 rings (SSSR count). The van der Waals surface area contributed by atoms with Gasteiger partial charge < -0.3 is 5.32 Å². The summed E-state index contributed by atoms with van der Waals surface area (Å²) in [6.07, 6.45) is 5.01. The number of nitrogens with one attached hydrogen (secondary N) is 1. The summed E-state index contributed by atoms with van der Waals surface area (Å²) in [5.74, 6) is -0.113. The molecule has 0 saturated heterocycles. The highest BCUT2D eigenvalue weighted by molar-refractivity contribution is 5.92. The first kappa shape index (κ1) is 8.22. The van der Waals surface area contributed by atoms with Crippen LogP contribution in [-0.4, -0.2) is 26.9 Å². The summed E-state index contributed by atoms with van der Waals surface area (Å²) in [6.45, 7) is 0. The molecule has 1 amide bonds. The average molecular weight is 180 g/mol. The third-order valence-electron chi connectivity index (χ3n) is 2.28. The SMILES string of the molecule is Cn1cc(C(=O)NC2CCC2)nn1. The van der Waals surface area contributed by atoms with Crippen molar-refractivity contribution in [3.8, 4) is 0 Å². The van der Waals surface area contributed by atoms with Gasteiger partial charge >= 0.3 is 0 Å². The molecule has 0 atom stereocenters. The minimum Gasteiger partial charge on any atom is -0.348 e. The fourth-order valence-corrected chi connectivity index (χ4v) is 1.26. The van der Waals surface area contributed by atoms with Crippen LogP contribution in [-0.2, 0) is 7.05 Å². The summed E-state index contributed by atoms with van der Waals surface area (Å²) in [7, 11) is 1.74. The molecular weight excluding hydrogens is 168 g/mol. The maximum absolute atomic E-state index is 11.4. The predicted octanol–water partition coefficient (Wildman–Crippen LogP) is 0.0974. The van der Waals surface area contributed by atoms with Crippen LogP contribution >= 0.6 is 0 Å². The van der Waals surface area contributed by atoms with Crippen molar-refractivity contribution in [1.29, 1.82) is 0 Å². The largest absolute Gasteiger partial charge is 0.348 e. The fraction of sp³-hybridized carbons (Fsp3) is 0.625. The van der Waals surface area contributed by atoms with E-state index >= 15 is 0 Å². The topological polar surface area (TPSA) is 59.8 Å². The maximum Gasteiger partial charge on any atom is 0.273 e. The van der Waals surface area contributed by atoms with E-state index in [1.165, 1.54) is 11.1 Å². The second kappa shape index (κ2) is 3.16. The lowest BCUT2D eigenvalue weighted by Gasteiger charge is -2.25. The molecule has 1 N–H and O–H groups in total. The van der Waals surface area contributed by atoms with Crippen molar-refractivity contribution in [1.82, 2.24) is 20.3 Å². The molecule has 0 aliphatic heterocycles. The highest BCUT2D eigenvalue weighted by atomic mass is 16.2. The lowest BCUT2D eigenvalue weighted by molar-refractivity contribution is 0.0912. The molecular formula is C8H12N4O. The highest BCUT2D eigenvalue weighted by Crippen LogP contribution is 2.18. The summed E-state index contributed by atoms with van der Waals surface area (Å²) in [6, 6.07) is 0.356. The standard InChI is InChI=1S/C8H12N4O/c1-12-5-7(10-11-12)8(13)9-6-3-2-4-6/h5-6H,2-4H2,1H3,(H,9,13). The second-order valence-electron chi connectivity index (χ2n) is 3.38. The van der Waals surface area contributed by atoms with E-state index in [-0.39, 0.29) is 5.91 Å². The molecule has 70 valence electrons. The summed E-state index contributed by atoms with van der Waals surface area (Å²) < 4.78 is 1.52. The third-order valence-corrected chi connectivity index (χ3v) is 2.28. The van der Waals surface area contributed by atoms with Crippen molar-refractivity contribution in [3.05, 3.63) is 11.9 Å². The van der Waals surface area contributed by atoms with Gasteiger partial charge in [-0.3, -0.25) is 9.48 Å². The van der Waals surface area contributed by atoms with Crippen LogP contribution in [0.5, 0.6) is 0 Å². The van der Waals surface area contributed by atoms with Crippen molar-refractivity contribution in [2.75, 3.05) is 0 Å². The van der Waals surface area contributed by atoms with Crippen LogP contribution in [0.2, 0.25) is 0 Å². The Kier molecular flexibility index (Phi) is 2.00. The minimum absolute atomic E-state index is 0.113. The number of aromatic nitrogens is 3. The van der Waals surface area contributed by atoms with Gasteiger partial charge in [0.25, 0.3) is 5.91 Å². The molecule has 5 heteroatoms. The molecule has 1 fully saturated rings. The van der Waals surface area contributed by atoms with Gasteiger partial charge in [0.1, 0.15) is 0 Å². The van der Waals surface area contributed by atoms with Gasteiger partial charge in [-0.2, -0.15) is 0 Å². The Morgan fingerprint density at radius 2 is 2.46 bits per heavy atom. The van der Waals surface area contributed by atoms with Gasteiger partial charge in [-0.05, 0) is 19.3 Å². The molecule has 1 heterocycles. The smallest absolute Gasteiger partial charge is 0.273 e. The van der Waals surface area contributed by atoms with Gasteiger partial charge in [0.05, 0.1) is 6.20 Å².